The van der Waals surface area contributed by atoms with Gasteiger partial charge < -0.3 is 34.7 Å². The minimum Gasteiger partial charge on any atom is -0.493 e. The number of nitrogens with zero attached hydrogens (tertiary/aromatic N) is 2. The number of aromatic nitrogens is 4. The number of carbonyl (C=O) groups is 2. The second-order valence-corrected chi connectivity index (χ2v) is 10.2. The molecule has 0 spiro atoms. The van der Waals surface area contributed by atoms with Crippen LogP contribution in [0, 0.1) is 10.8 Å². The minimum absolute atomic E-state index is 0. The van der Waals surface area contributed by atoms with Gasteiger partial charge in [-0.25, -0.2) is 18.0 Å². The molecule has 3 aromatic rings. The van der Waals surface area contributed by atoms with Crippen LogP contribution in [0.15, 0.2) is 30.9 Å². The second kappa shape index (κ2) is 21.9. The van der Waals surface area contributed by atoms with Gasteiger partial charge in [0.05, 0.1) is 19.3 Å². The molecule has 1 fully saturated rings. The smallest absolute Gasteiger partial charge is 0.337 e. The van der Waals surface area contributed by atoms with Gasteiger partial charge in [-0.05, 0) is 56.9 Å². The van der Waals surface area contributed by atoms with E-state index < -0.39 is 60.4 Å². The summed E-state index contributed by atoms with van der Waals surface area (Å²) in [5.74, 6) is -2.23. The fourth-order valence-corrected chi connectivity index (χ4v) is 3.72. The first-order valence-corrected chi connectivity index (χ1v) is 14.4. The van der Waals surface area contributed by atoms with E-state index in [0.717, 1.165) is 18.9 Å². The number of amidine groups is 1. The van der Waals surface area contributed by atoms with Gasteiger partial charge in [0.1, 0.15) is 49.3 Å². The Bertz CT molecular complexity index is 1650. The summed E-state index contributed by atoms with van der Waals surface area (Å²) in [6.07, 6.45) is 4.79. The standard InChI is InChI=1S/C15H17FN2O3.C7H12O4.C5H5FN2O2.C2H5FN2.ClH/c1-15(5-6-15)4-2-3-9-7-11(19)21-14-12(9)13(20)17-10(8-16)18-14;1-3-10-6(8)5-7(9)11-4-2;6-2-3-7-4(9)1-5(10)8-3;3-1-2(4)5;/h7H,2-6,8H2,1H3,(H,17,18,20);3-5H2,1-2H3;1H,2H2,(H2,7,8,9,10);1H2,(H3,4,5);1H. The lowest BCUT2D eigenvalue weighted by molar-refractivity contribution is -0.153. The van der Waals surface area contributed by atoms with Crippen LogP contribution in [0.5, 0.6) is 5.88 Å². The van der Waals surface area contributed by atoms with Gasteiger partial charge in [0.25, 0.3) is 11.1 Å². The lowest BCUT2D eigenvalue weighted by atomic mass is 9.98. The molecule has 19 heteroatoms. The third kappa shape index (κ3) is 16.7. The third-order valence-corrected chi connectivity index (χ3v) is 6.15. The van der Waals surface area contributed by atoms with Gasteiger partial charge in [0, 0.05) is 6.07 Å². The van der Waals surface area contributed by atoms with E-state index >= 15 is 0 Å². The van der Waals surface area contributed by atoms with E-state index in [0.29, 0.717) is 17.4 Å². The highest BCUT2D eigenvalue weighted by molar-refractivity contribution is 5.91. The molecule has 6 N–H and O–H groups in total. The quantitative estimate of drug-likeness (QED) is 0.0834. The minimum atomic E-state index is -0.905. The maximum Gasteiger partial charge on any atom is 0.337 e. The molecule has 0 saturated heterocycles. The van der Waals surface area contributed by atoms with Crippen molar-refractivity contribution in [1.29, 1.82) is 5.41 Å². The van der Waals surface area contributed by atoms with Crippen molar-refractivity contribution in [2.24, 2.45) is 11.1 Å². The Hall–Kier alpha value is -4.74. The first kappa shape index (κ1) is 43.3. The molecule has 0 unspecified atom stereocenters. The van der Waals surface area contributed by atoms with Crippen LogP contribution in [-0.2, 0) is 38.8 Å². The molecule has 0 bridgehead atoms. The molecule has 1 aliphatic rings. The Kier molecular flexibility index (Phi) is 19.8. The van der Waals surface area contributed by atoms with Gasteiger partial charge >= 0.3 is 17.6 Å². The number of hydrogen-bond donors (Lipinski definition) is 5. The number of esters is 2. The van der Waals surface area contributed by atoms with Gasteiger partial charge in [0.15, 0.2) is 0 Å². The average Bonchev–Trinajstić information content (AvgIpc) is 3.73. The lowest BCUT2D eigenvalue weighted by Crippen LogP contribution is -2.16. The number of fused-ring (bicyclic) bond motifs is 1. The van der Waals surface area contributed by atoms with Gasteiger partial charge in [-0.2, -0.15) is 9.97 Å². The molecule has 0 amide bonds. The number of aromatic amines is 2. The molecule has 48 heavy (non-hydrogen) atoms. The third-order valence-electron chi connectivity index (χ3n) is 6.15. The predicted molar refractivity (Wildman–Crippen MR) is 170 cm³/mol. The number of aryl methyl sites for hydroxylation is 1. The molecular formula is C29H40ClF3N6O9. The van der Waals surface area contributed by atoms with Crippen LogP contribution in [0.2, 0.25) is 0 Å². The first-order chi connectivity index (χ1) is 22.2. The van der Waals surface area contributed by atoms with Crippen molar-refractivity contribution in [3.63, 3.8) is 0 Å². The number of ether oxygens (including phenoxy) is 2. The zero-order valence-electron chi connectivity index (χ0n) is 26.7. The number of halogens is 4. The van der Waals surface area contributed by atoms with Crippen LogP contribution >= 0.6 is 12.4 Å². The van der Waals surface area contributed by atoms with Crippen LogP contribution in [0.4, 0.5) is 13.2 Å². The Morgan fingerprint density at radius 1 is 1.02 bits per heavy atom. The van der Waals surface area contributed by atoms with E-state index in [1.54, 1.807) is 13.8 Å². The molecule has 0 aromatic carbocycles. The highest BCUT2D eigenvalue weighted by atomic mass is 35.5. The van der Waals surface area contributed by atoms with Crippen molar-refractivity contribution in [1.82, 2.24) is 19.9 Å². The molecule has 4 rings (SSSR count). The highest BCUT2D eigenvalue weighted by Crippen LogP contribution is 2.49. The molecule has 3 aromatic heterocycles. The van der Waals surface area contributed by atoms with E-state index in [-0.39, 0.29) is 54.8 Å². The van der Waals surface area contributed by atoms with Crippen LogP contribution in [0.1, 0.15) is 70.1 Å². The summed E-state index contributed by atoms with van der Waals surface area (Å²) in [5, 5.41) is 15.0. The molecule has 268 valence electrons. The molecule has 1 saturated carbocycles. The molecule has 0 atom stereocenters. The number of alkyl halides is 3. The number of aromatic hydroxyl groups is 1. The van der Waals surface area contributed by atoms with Crippen molar-refractivity contribution in [3.05, 3.63) is 60.5 Å². The summed E-state index contributed by atoms with van der Waals surface area (Å²) in [5.41, 5.74) is 3.92. The number of hydrogen-bond acceptors (Lipinski definition) is 12. The van der Waals surface area contributed by atoms with Crippen molar-refractivity contribution >= 4 is 41.3 Å². The number of nitrogens with one attached hydrogen (secondary N) is 3. The van der Waals surface area contributed by atoms with Gasteiger partial charge in [-0.15, -0.1) is 12.4 Å². The van der Waals surface area contributed by atoms with Gasteiger partial charge in [-0.3, -0.25) is 24.6 Å². The second-order valence-electron chi connectivity index (χ2n) is 10.2. The van der Waals surface area contributed by atoms with Gasteiger partial charge in [0.2, 0.25) is 11.6 Å². The summed E-state index contributed by atoms with van der Waals surface area (Å²) in [6, 6.07) is 2.21. The number of carbonyl (C=O) groups excluding carboxylic acids is 2. The zero-order chi connectivity index (χ0) is 35.6. The Morgan fingerprint density at radius 2 is 1.56 bits per heavy atom. The van der Waals surface area contributed by atoms with Crippen molar-refractivity contribution in [3.8, 4) is 5.88 Å². The fourth-order valence-electron chi connectivity index (χ4n) is 3.72. The molecule has 0 aliphatic heterocycles. The molecule has 0 radical (unpaired) electrons. The highest BCUT2D eigenvalue weighted by Gasteiger charge is 2.36. The Morgan fingerprint density at radius 3 is 2.02 bits per heavy atom. The topological polar surface area (TPSA) is 244 Å². The monoisotopic (exact) mass is 708 g/mol. The summed E-state index contributed by atoms with van der Waals surface area (Å²) in [7, 11) is 0. The van der Waals surface area contributed by atoms with Crippen molar-refractivity contribution < 1.29 is 41.8 Å². The van der Waals surface area contributed by atoms with Crippen LogP contribution in [-0.4, -0.2) is 62.7 Å². The molecule has 3 heterocycles. The van der Waals surface area contributed by atoms with Crippen LogP contribution in [0.25, 0.3) is 11.1 Å². The molecular weight excluding hydrogens is 669 g/mol. The normalized spacial score (nSPS) is 12.0. The zero-order valence-corrected chi connectivity index (χ0v) is 27.5. The van der Waals surface area contributed by atoms with E-state index in [9.17, 15) is 37.1 Å². The maximum atomic E-state index is 12.6. The number of H-pyrrole nitrogens is 2. The number of nitrogens with two attached hydrogens (primary N) is 1. The van der Waals surface area contributed by atoms with Gasteiger partial charge in [-0.1, -0.05) is 6.92 Å². The first-order valence-electron chi connectivity index (χ1n) is 14.4. The summed E-state index contributed by atoms with van der Waals surface area (Å²) >= 11 is 0. The maximum absolute atomic E-state index is 12.6. The molecule has 1 aliphatic carbocycles. The predicted octanol–water partition coefficient (Wildman–Crippen LogP) is 3.23. The van der Waals surface area contributed by atoms with Crippen LogP contribution < -0.4 is 22.5 Å². The van der Waals surface area contributed by atoms with Crippen molar-refractivity contribution in [2.45, 2.75) is 72.6 Å². The average molecular weight is 709 g/mol. The lowest BCUT2D eigenvalue weighted by Gasteiger charge is -2.08. The summed E-state index contributed by atoms with van der Waals surface area (Å²) in [6.45, 7) is 3.57. The van der Waals surface area contributed by atoms with Crippen molar-refractivity contribution in [2.75, 3.05) is 19.9 Å². The van der Waals surface area contributed by atoms with Crippen LogP contribution in [0.3, 0.4) is 0 Å². The number of rotatable bonds is 11. The van der Waals surface area contributed by atoms with E-state index in [2.05, 4.69) is 42.1 Å². The molecule has 15 nitrogen and oxygen atoms in total. The Balaban J connectivity index is 0.000000695. The summed E-state index contributed by atoms with van der Waals surface area (Å²) < 4.78 is 49.1. The van der Waals surface area contributed by atoms with E-state index in [1.807, 2.05) is 0 Å². The summed E-state index contributed by atoms with van der Waals surface area (Å²) in [4.78, 5) is 66.9. The SMILES string of the molecule is CC1(CCCc2cc(=O)oc3nc(CF)[nH]c(=O)c23)CC1.CCOC(=O)CC(=O)OCC.Cl.N=C(N)CF.O=c1cc(O)nc(CF)[nH]1. The Labute approximate surface area is 278 Å². The van der Waals surface area contributed by atoms with E-state index in [1.165, 1.54) is 18.9 Å². The fraction of sp³-hybridized carbons (Fsp3) is 0.517. The van der Waals surface area contributed by atoms with E-state index in [4.69, 9.17) is 14.9 Å². The largest absolute Gasteiger partial charge is 0.493 e.